The van der Waals surface area contributed by atoms with Crippen LogP contribution in [-0.4, -0.2) is 10.1 Å². The van der Waals surface area contributed by atoms with Gasteiger partial charge < -0.3 is 4.42 Å². The molecule has 0 saturated carbocycles. The molecule has 3 aromatic rings. The summed E-state index contributed by atoms with van der Waals surface area (Å²) < 4.78 is 41.3. The number of halogens is 1. The second kappa shape index (κ2) is 6.34. The fourth-order valence-electron chi connectivity index (χ4n) is 1.83. The Morgan fingerprint density at radius 1 is 1.05 bits per heavy atom. The van der Waals surface area contributed by atoms with Crippen molar-refractivity contribution in [3.63, 3.8) is 0 Å². The molecule has 2 heterocycles. The minimum Gasteiger partial charge on any atom is -0.364 e. The first kappa shape index (κ1) is 16.3. The van der Waals surface area contributed by atoms with E-state index in [2.05, 4.69) is 10.1 Å². The molecule has 0 N–H and O–H groups in total. The van der Waals surface area contributed by atoms with Crippen LogP contribution in [0.2, 0.25) is 0 Å². The second-order valence-electron chi connectivity index (χ2n) is 4.38. The Bertz CT molecular complexity index is 764. The lowest BCUT2D eigenvalue weighted by Crippen LogP contribution is -2.68. The van der Waals surface area contributed by atoms with Crippen LogP contribution < -0.4 is 23.2 Å². The van der Waals surface area contributed by atoms with Gasteiger partial charge in [-0.2, -0.15) is 0 Å². The maximum Gasteiger partial charge on any atom is 0.532 e. The zero-order chi connectivity index (χ0) is 16.3. The van der Waals surface area contributed by atoms with Gasteiger partial charge in [0.25, 0.3) is 5.89 Å². The van der Waals surface area contributed by atoms with E-state index in [4.69, 9.17) is 23.1 Å². The Morgan fingerprint density at radius 2 is 1.64 bits per heavy atom. The molecule has 2 aromatic heterocycles. The normalized spacial score (nSPS) is 11.2. The topological polar surface area (TPSA) is 135 Å². The molecular weight excluding hydrogens is 314 g/mol. The highest BCUT2D eigenvalue weighted by molar-refractivity contribution is 5.52. The highest BCUT2D eigenvalue weighted by Gasteiger charge is 2.18. The highest BCUT2D eigenvalue weighted by atomic mass is 35.7. The van der Waals surface area contributed by atoms with Gasteiger partial charge in [-0.1, -0.05) is 22.7 Å². The van der Waals surface area contributed by atoms with Crippen LogP contribution in [0.25, 0.3) is 17.3 Å². The van der Waals surface area contributed by atoms with Gasteiger partial charge in [-0.3, -0.25) is 0 Å². The van der Waals surface area contributed by atoms with E-state index in [9.17, 15) is 0 Å². The van der Waals surface area contributed by atoms with Crippen molar-refractivity contribution in [3.05, 3.63) is 47.8 Å². The predicted molar refractivity (Wildman–Crippen MR) is 62.4 cm³/mol. The maximum absolute atomic E-state index is 8.49. The van der Waals surface area contributed by atoms with Gasteiger partial charge in [-0.05, 0) is 22.2 Å². The molecule has 0 bridgehead atoms. The van der Waals surface area contributed by atoms with Crippen LogP contribution in [0.1, 0.15) is 11.4 Å². The van der Waals surface area contributed by atoms with E-state index in [0.29, 0.717) is 11.7 Å². The van der Waals surface area contributed by atoms with E-state index in [1.54, 1.807) is 4.52 Å². The number of benzene rings is 1. The molecule has 0 spiro atoms. The lowest BCUT2D eigenvalue weighted by Gasteiger charge is -2.17. The van der Waals surface area contributed by atoms with Crippen molar-refractivity contribution in [1.82, 2.24) is 10.1 Å². The van der Waals surface area contributed by atoms with E-state index in [0.717, 1.165) is 17.0 Å². The number of aryl methyl sites for hydroxylation is 2. The molecule has 0 radical (unpaired) electrons. The smallest absolute Gasteiger partial charge is 0.364 e. The number of aromatic nitrogens is 3. The van der Waals surface area contributed by atoms with E-state index in [1.165, 1.54) is 0 Å². The van der Waals surface area contributed by atoms with Crippen molar-refractivity contribution < 1.29 is 37.8 Å². The van der Waals surface area contributed by atoms with E-state index in [1.807, 2.05) is 50.2 Å². The van der Waals surface area contributed by atoms with Crippen molar-refractivity contribution in [2.75, 3.05) is 0 Å². The van der Waals surface area contributed by atoms with Crippen molar-refractivity contribution in [2.45, 2.75) is 13.8 Å². The lowest BCUT2D eigenvalue weighted by atomic mass is 10.2. The Morgan fingerprint density at radius 3 is 2.23 bits per heavy atom. The number of nitrogens with zero attached hydrogens (tertiary/aromatic N) is 3. The predicted octanol–water partition coefficient (Wildman–Crippen LogP) is -2.66. The summed E-state index contributed by atoms with van der Waals surface area (Å²) in [6.45, 7) is 3.93. The molecule has 0 fully saturated rings. The molecular formula is C13H12ClN3O5. The minimum atomic E-state index is -4.94. The molecule has 1 aromatic carbocycles. The van der Waals surface area contributed by atoms with Gasteiger partial charge in [0, 0.05) is 25.5 Å². The third kappa shape index (κ3) is 4.45. The van der Waals surface area contributed by atoms with Crippen LogP contribution in [0.3, 0.4) is 0 Å². The summed E-state index contributed by atoms with van der Waals surface area (Å²) in [6, 6.07) is 11.8. The van der Waals surface area contributed by atoms with Gasteiger partial charge in [-0.25, -0.2) is 18.6 Å². The van der Waals surface area contributed by atoms with Gasteiger partial charge >= 0.3 is 5.84 Å². The fourth-order valence-corrected chi connectivity index (χ4v) is 1.83. The summed E-state index contributed by atoms with van der Waals surface area (Å²) in [4.78, 5) is 4.32. The van der Waals surface area contributed by atoms with Gasteiger partial charge in [0.05, 0.1) is 0 Å². The van der Waals surface area contributed by atoms with Crippen LogP contribution in [0, 0.1) is 24.1 Å². The third-order valence-corrected chi connectivity index (χ3v) is 2.60. The van der Waals surface area contributed by atoms with Gasteiger partial charge in [0.15, 0.2) is 5.69 Å². The van der Waals surface area contributed by atoms with Crippen LogP contribution in [0.5, 0.6) is 0 Å². The van der Waals surface area contributed by atoms with Crippen LogP contribution >= 0.6 is 0 Å². The molecule has 0 amide bonds. The molecule has 116 valence electrons. The largest absolute Gasteiger partial charge is 0.532 e. The standard InChI is InChI=1S/C13H12N3O.ClHO4/c1-9-8-10(2)16-13(14-9)17-12(15-16)11-6-4-3-5-7-11;2-1(3,4)5/h3-8H,1-2H3;(H,2,3,4,5)/q+1;/p-1. The molecule has 0 atom stereocenters. The Kier molecular flexibility index (Phi) is 4.69. The van der Waals surface area contributed by atoms with E-state index >= 15 is 0 Å². The van der Waals surface area contributed by atoms with Crippen LogP contribution in [0.15, 0.2) is 40.8 Å². The van der Waals surface area contributed by atoms with Crippen molar-refractivity contribution in [2.24, 2.45) is 0 Å². The van der Waals surface area contributed by atoms with E-state index in [-0.39, 0.29) is 0 Å². The molecule has 9 heteroatoms. The average molecular weight is 326 g/mol. The first-order valence-corrected chi connectivity index (χ1v) is 7.32. The van der Waals surface area contributed by atoms with Crippen molar-refractivity contribution >= 4 is 5.84 Å². The zero-order valence-corrected chi connectivity index (χ0v) is 12.5. The Hall–Kier alpha value is -2.10. The molecule has 0 unspecified atom stereocenters. The monoisotopic (exact) mass is 325 g/mol. The summed E-state index contributed by atoms with van der Waals surface area (Å²) in [5.41, 5.74) is 2.90. The average Bonchev–Trinajstić information content (AvgIpc) is 2.82. The molecule has 0 aliphatic carbocycles. The molecule has 3 rings (SSSR count). The van der Waals surface area contributed by atoms with Crippen LogP contribution in [0.4, 0.5) is 0 Å². The number of hydrogen-bond donors (Lipinski definition) is 0. The molecule has 0 aliphatic rings. The van der Waals surface area contributed by atoms with Crippen molar-refractivity contribution in [1.29, 1.82) is 0 Å². The number of rotatable bonds is 1. The second-order valence-corrected chi connectivity index (χ2v) is 5.14. The molecule has 8 nitrogen and oxygen atoms in total. The first-order chi connectivity index (χ1) is 10.2. The molecule has 0 saturated heterocycles. The fraction of sp³-hybridized carbons (Fsp3) is 0.154. The summed E-state index contributed by atoms with van der Waals surface area (Å²) in [5, 5.41) is 4.41. The lowest BCUT2D eigenvalue weighted by molar-refractivity contribution is -2.00. The zero-order valence-electron chi connectivity index (χ0n) is 11.7. The van der Waals surface area contributed by atoms with E-state index < -0.39 is 10.2 Å². The summed E-state index contributed by atoms with van der Waals surface area (Å²) >= 11 is 0. The molecule has 0 aliphatic heterocycles. The minimum absolute atomic E-state index is 0.529. The van der Waals surface area contributed by atoms with Crippen molar-refractivity contribution in [3.8, 4) is 11.5 Å². The quantitative estimate of drug-likeness (QED) is 0.445. The third-order valence-electron chi connectivity index (χ3n) is 2.60. The number of hydrogen-bond acceptors (Lipinski definition) is 7. The summed E-state index contributed by atoms with van der Waals surface area (Å²) in [6.07, 6.45) is 0. The van der Waals surface area contributed by atoms with Gasteiger partial charge in [0.1, 0.15) is 5.69 Å². The molecule has 22 heavy (non-hydrogen) atoms. The maximum atomic E-state index is 8.49. The number of fused-ring (bicyclic) bond motifs is 1. The highest BCUT2D eigenvalue weighted by Crippen LogP contribution is 2.16. The van der Waals surface area contributed by atoms with Crippen LogP contribution in [-0.2, 0) is 0 Å². The summed E-state index contributed by atoms with van der Waals surface area (Å²) in [5.74, 6) is 1.12. The first-order valence-electron chi connectivity index (χ1n) is 6.08. The van der Waals surface area contributed by atoms with Gasteiger partial charge in [-0.15, -0.1) is 10.2 Å². The Balaban J connectivity index is 0.000000309. The summed E-state index contributed by atoms with van der Waals surface area (Å²) in [7, 11) is -4.94. The SMILES string of the molecule is Cc1cc(C)[n+]2nc(-c3ccccc3)oc2n1.[O-][Cl+3]([O-])([O-])[O-]. The Labute approximate surface area is 127 Å². The van der Waals surface area contributed by atoms with Gasteiger partial charge in [0.2, 0.25) is 0 Å².